The minimum atomic E-state index is -4.76. The van der Waals surface area contributed by atoms with Crippen molar-refractivity contribution in [1.82, 2.24) is 24.4 Å². The third kappa shape index (κ3) is 4.85. The highest BCUT2D eigenvalue weighted by Crippen LogP contribution is 2.52. The summed E-state index contributed by atoms with van der Waals surface area (Å²) < 4.78 is 49.0. The van der Waals surface area contributed by atoms with Crippen LogP contribution in [0.15, 0.2) is 67.4 Å². The Morgan fingerprint density at radius 3 is 2.53 bits per heavy atom. The Labute approximate surface area is 251 Å². The summed E-state index contributed by atoms with van der Waals surface area (Å²) in [4.78, 5) is 22.2. The van der Waals surface area contributed by atoms with E-state index in [1.165, 1.54) is 14.0 Å². The molecule has 1 saturated heterocycles. The summed E-state index contributed by atoms with van der Waals surface area (Å²) in [6.07, 6.45) is -2.05. The van der Waals surface area contributed by atoms with Crippen molar-refractivity contribution in [2.75, 3.05) is 26.7 Å². The van der Waals surface area contributed by atoms with Gasteiger partial charge in [-0.2, -0.15) is 18.3 Å². The summed E-state index contributed by atoms with van der Waals surface area (Å²) in [6, 6.07) is 13.4. The van der Waals surface area contributed by atoms with Gasteiger partial charge in [0.1, 0.15) is 11.3 Å². The van der Waals surface area contributed by atoms with Gasteiger partial charge in [0, 0.05) is 42.2 Å². The molecule has 6 rings (SSSR count). The fourth-order valence-electron chi connectivity index (χ4n) is 6.19. The number of rotatable bonds is 6. The fraction of sp³-hybridized carbons (Fsp3) is 0.323. The molecule has 8 nitrogen and oxygen atoms in total. The van der Waals surface area contributed by atoms with E-state index in [1.807, 2.05) is 18.2 Å². The van der Waals surface area contributed by atoms with Crippen LogP contribution in [0.2, 0.25) is 5.02 Å². The largest absolute Gasteiger partial charge is 0.497 e. The topological polar surface area (TPSA) is 83.2 Å². The predicted molar refractivity (Wildman–Crippen MR) is 155 cm³/mol. The van der Waals surface area contributed by atoms with Gasteiger partial charge in [-0.15, -0.1) is 6.58 Å². The zero-order chi connectivity index (χ0) is 30.7. The number of piperazine rings is 1. The van der Waals surface area contributed by atoms with Crippen LogP contribution in [0, 0.1) is 6.92 Å². The number of fused-ring (bicyclic) bond motifs is 1. The summed E-state index contributed by atoms with van der Waals surface area (Å²) in [7, 11) is 1.50. The number of carbonyl (C=O) groups is 1. The third-order valence-electron chi connectivity index (χ3n) is 8.48. The van der Waals surface area contributed by atoms with E-state index in [1.54, 1.807) is 41.3 Å². The molecule has 1 amide bonds. The Morgan fingerprint density at radius 2 is 1.93 bits per heavy atom. The van der Waals surface area contributed by atoms with E-state index in [9.17, 15) is 23.1 Å². The van der Waals surface area contributed by atoms with E-state index in [4.69, 9.17) is 16.3 Å². The lowest BCUT2D eigenvalue weighted by Gasteiger charge is -2.44. The van der Waals surface area contributed by atoms with E-state index in [2.05, 4.69) is 21.6 Å². The van der Waals surface area contributed by atoms with Crippen LogP contribution in [-0.4, -0.2) is 74.3 Å². The maximum absolute atomic E-state index is 14.4. The molecule has 1 N–H and O–H groups in total. The van der Waals surface area contributed by atoms with Gasteiger partial charge < -0.3 is 14.7 Å². The van der Waals surface area contributed by atoms with E-state index in [0.29, 0.717) is 40.4 Å². The second-order valence-corrected chi connectivity index (χ2v) is 11.3. The minimum Gasteiger partial charge on any atom is -0.497 e. The minimum absolute atomic E-state index is 0.0448. The molecular weight excluding hydrogens is 583 g/mol. The summed E-state index contributed by atoms with van der Waals surface area (Å²) in [6.45, 7) is 6.32. The highest BCUT2D eigenvalue weighted by molar-refractivity contribution is 6.30. The molecule has 4 aromatic rings. The Balaban J connectivity index is 1.36. The molecular formula is C31H29ClF3N5O3. The molecule has 1 saturated carbocycles. The second-order valence-electron chi connectivity index (χ2n) is 10.9. The van der Waals surface area contributed by atoms with Crippen molar-refractivity contribution in [3.8, 4) is 17.0 Å². The number of nitrogens with zero attached hydrogens (tertiary/aromatic N) is 5. The molecule has 0 spiro atoms. The van der Waals surface area contributed by atoms with E-state index >= 15 is 0 Å². The van der Waals surface area contributed by atoms with Crippen LogP contribution < -0.4 is 4.74 Å². The number of hydrogen-bond acceptors (Lipinski definition) is 6. The average Bonchev–Trinajstić information content (AvgIpc) is 3.51. The molecule has 0 radical (unpaired) electrons. The van der Waals surface area contributed by atoms with Crippen molar-refractivity contribution in [1.29, 1.82) is 0 Å². The Hall–Kier alpha value is -3.93. The van der Waals surface area contributed by atoms with Crippen molar-refractivity contribution in [2.45, 2.75) is 37.2 Å². The quantitative estimate of drug-likeness (QED) is 0.296. The first-order valence-electron chi connectivity index (χ1n) is 13.7. The lowest BCUT2D eigenvalue weighted by molar-refractivity contribution is -0.143. The smallest absolute Gasteiger partial charge is 0.433 e. The lowest BCUT2D eigenvalue weighted by Crippen LogP contribution is -2.57. The number of aliphatic hydroxyl groups excluding tert-OH is 1. The number of halogens is 4. The Kier molecular flexibility index (Phi) is 7.22. The van der Waals surface area contributed by atoms with Crippen LogP contribution in [0.1, 0.15) is 33.6 Å². The number of alkyl halides is 3. The van der Waals surface area contributed by atoms with Gasteiger partial charge in [-0.3, -0.25) is 9.69 Å². The van der Waals surface area contributed by atoms with E-state index in [-0.39, 0.29) is 29.0 Å². The van der Waals surface area contributed by atoms with Crippen LogP contribution >= 0.6 is 11.6 Å². The van der Waals surface area contributed by atoms with Gasteiger partial charge >= 0.3 is 6.18 Å². The number of ether oxygens (including phenoxy) is 1. The number of amides is 1. The van der Waals surface area contributed by atoms with E-state index < -0.39 is 35.5 Å². The number of carbonyl (C=O) groups excluding carboxylic acids is 1. The highest BCUT2D eigenvalue weighted by atomic mass is 35.5. The average molecular weight is 612 g/mol. The molecule has 2 aromatic carbocycles. The number of aliphatic hydroxyl groups is 1. The van der Waals surface area contributed by atoms with Gasteiger partial charge in [0.2, 0.25) is 0 Å². The molecule has 12 heteroatoms. The van der Waals surface area contributed by atoms with Crippen LogP contribution in [0.25, 0.3) is 16.9 Å². The van der Waals surface area contributed by atoms with Crippen LogP contribution in [0.5, 0.6) is 5.75 Å². The van der Waals surface area contributed by atoms with Gasteiger partial charge in [0.15, 0.2) is 11.3 Å². The Bertz CT molecular complexity index is 1720. The van der Waals surface area contributed by atoms with Gasteiger partial charge in [-0.05, 0) is 48.9 Å². The molecule has 224 valence electrons. The maximum atomic E-state index is 14.4. The van der Waals surface area contributed by atoms with Crippen molar-refractivity contribution in [3.63, 3.8) is 0 Å². The molecule has 43 heavy (non-hydrogen) atoms. The van der Waals surface area contributed by atoms with Crippen LogP contribution in [0.4, 0.5) is 13.2 Å². The zero-order valence-corrected chi connectivity index (χ0v) is 24.2. The first kappa shape index (κ1) is 29.2. The molecule has 3 atom stereocenters. The van der Waals surface area contributed by atoms with Gasteiger partial charge in [-0.25, -0.2) is 9.50 Å². The monoisotopic (exact) mass is 611 g/mol. The number of aromatic nitrogens is 3. The molecule has 2 aliphatic rings. The van der Waals surface area contributed by atoms with Crippen LogP contribution in [0.3, 0.4) is 0 Å². The van der Waals surface area contributed by atoms with E-state index in [0.717, 1.165) is 11.8 Å². The van der Waals surface area contributed by atoms with Gasteiger partial charge in [0.25, 0.3) is 5.91 Å². The first-order chi connectivity index (χ1) is 20.5. The van der Waals surface area contributed by atoms with Crippen molar-refractivity contribution < 1.29 is 27.8 Å². The molecule has 2 aromatic heterocycles. The molecule has 1 aliphatic heterocycles. The van der Waals surface area contributed by atoms with Crippen molar-refractivity contribution in [2.24, 2.45) is 0 Å². The molecule has 2 unspecified atom stereocenters. The van der Waals surface area contributed by atoms with Crippen molar-refractivity contribution >= 4 is 23.2 Å². The van der Waals surface area contributed by atoms with Crippen LogP contribution in [-0.2, 0) is 11.7 Å². The van der Waals surface area contributed by atoms with Gasteiger partial charge in [0.05, 0.1) is 36.7 Å². The Morgan fingerprint density at radius 1 is 1.21 bits per heavy atom. The normalized spacial score (nSPS) is 22.5. The lowest BCUT2D eigenvalue weighted by atomic mass is 9.99. The SMILES string of the molecule is C=CC1CN(C2(c3cccc(Cl)c3)C[C@H]2O)CCN1C(=O)c1cnn2c(C(F)(F)F)c(C)c(-c3ccc(OC)cc3)nc12. The first-order valence-corrected chi connectivity index (χ1v) is 14.1. The fourth-order valence-corrected chi connectivity index (χ4v) is 6.38. The summed E-state index contributed by atoms with van der Waals surface area (Å²) in [5.74, 6) is 0.0436. The van der Waals surface area contributed by atoms with Crippen molar-refractivity contribution in [3.05, 3.63) is 94.8 Å². The molecule has 3 heterocycles. The number of methoxy groups -OCH3 is 1. The van der Waals surface area contributed by atoms with Gasteiger partial charge in [-0.1, -0.05) is 29.8 Å². The second kappa shape index (κ2) is 10.7. The predicted octanol–water partition coefficient (Wildman–Crippen LogP) is 5.36. The standard InChI is InChI=1S/C31H29ClF3N5O3/c1-4-22-17-38(30(15-25(30)41)20-6-5-7-21(32)14-20)12-13-39(22)29(42)24-16-36-40-27(31(33,34)35)18(2)26(37-28(24)40)19-8-10-23(43-3)11-9-19/h4-11,14,16,22,25,41H,1,12-13,15,17H2,2-3H3/t22?,25-,30?/m1/s1. The third-order valence-corrected chi connectivity index (χ3v) is 8.72. The summed E-state index contributed by atoms with van der Waals surface area (Å²) in [5, 5.41) is 15.3. The highest BCUT2D eigenvalue weighted by Gasteiger charge is 2.60. The number of benzene rings is 2. The molecule has 2 fully saturated rings. The molecule has 1 aliphatic carbocycles. The zero-order valence-electron chi connectivity index (χ0n) is 23.5. The molecule has 0 bridgehead atoms. The summed E-state index contributed by atoms with van der Waals surface area (Å²) in [5.41, 5.74) is -0.546. The number of hydrogen-bond donors (Lipinski definition) is 1. The maximum Gasteiger partial charge on any atom is 0.433 e. The summed E-state index contributed by atoms with van der Waals surface area (Å²) >= 11 is 6.24.